The summed E-state index contributed by atoms with van der Waals surface area (Å²) in [5.41, 5.74) is 0. The van der Waals surface area contributed by atoms with Crippen molar-refractivity contribution in [3.05, 3.63) is 12.2 Å². The van der Waals surface area contributed by atoms with Gasteiger partial charge in [0.05, 0.1) is 0 Å². The fraction of sp³-hybridized carbons (Fsp3) is 0.929. The zero-order chi connectivity index (χ0) is 21.3. The first-order valence-electron chi connectivity index (χ1n) is 13.6. The monoisotopic (exact) mass is 408 g/mol. The number of rotatable bonds is 24. The molecule has 0 saturated carbocycles. The molecule has 0 bridgehead atoms. The van der Waals surface area contributed by atoms with Gasteiger partial charge in [-0.1, -0.05) is 148 Å². The molecule has 0 fully saturated rings. The number of unbranched alkanes of at least 4 members (excludes halogenated alkanes) is 15. The van der Waals surface area contributed by atoms with Gasteiger partial charge in [0, 0.05) is 6.61 Å². The minimum atomic E-state index is 0.287. The van der Waals surface area contributed by atoms with Crippen LogP contribution in [0.25, 0.3) is 0 Å². The minimum absolute atomic E-state index is 0.287. The van der Waals surface area contributed by atoms with E-state index in [0.717, 1.165) is 12.3 Å². The molecule has 0 rings (SSSR count). The second kappa shape index (κ2) is 25.7. The van der Waals surface area contributed by atoms with E-state index in [9.17, 15) is 0 Å². The van der Waals surface area contributed by atoms with Gasteiger partial charge in [-0.3, -0.25) is 0 Å². The maximum Gasteiger partial charge on any atom is 0.0465 e. The summed E-state index contributed by atoms with van der Waals surface area (Å²) in [6.45, 7) is 4.90. The smallest absolute Gasteiger partial charge is 0.0465 e. The van der Waals surface area contributed by atoms with E-state index in [-0.39, 0.29) is 6.61 Å². The summed E-state index contributed by atoms with van der Waals surface area (Å²) in [4.78, 5) is 0. The quantitative estimate of drug-likeness (QED) is 0.124. The van der Waals surface area contributed by atoms with Gasteiger partial charge in [-0.15, -0.1) is 0 Å². The molecule has 174 valence electrons. The standard InChI is InChI=1S/C28H56O/c1-3-5-7-9-12-16-20-24-28(25-21-17-13-10-8-6-4-2)26-22-18-14-11-15-19-23-27-29/h15,19,28-29H,3-14,16-18,20-27H2,1-2H3/b19-15-. The van der Waals surface area contributed by atoms with Crippen LogP contribution in [0.4, 0.5) is 0 Å². The summed E-state index contributed by atoms with van der Waals surface area (Å²) in [7, 11) is 0. The number of aliphatic hydroxyl groups excluding tert-OH is 1. The predicted molar refractivity (Wildman–Crippen MR) is 133 cm³/mol. The van der Waals surface area contributed by atoms with E-state index in [0.29, 0.717) is 0 Å². The molecule has 0 aromatic heterocycles. The molecule has 0 aliphatic rings. The molecule has 0 aliphatic carbocycles. The number of hydrogen-bond acceptors (Lipinski definition) is 1. The molecule has 0 unspecified atom stereocenters. The summed E-state index contributed by atoms with van der Waals surface area (Å²) >= 11 is 0. The Labute approximate surface area is 185 Å². The van der Waals surface area contributed by atoms with E-state index < -0.39 is 0 Å². The Morgan fingerprint density at radius 2 is 0.862 bits per heavy atom. The van der Waals surface area contributed by atoms with Crippen molar-refractivity contribution < 1.29 is 5.11 Å². The van der Waals surface area contributed by atoms with Crippen LogP contribution in [0.15, 0.2) is 12.2 Å². The lowest BCUT2D eigenvalue weighted by atomic mass is 9.89. The van der Waals surface area contributed by atoms with Crippen LogP contribution in [0.2, 0.25) is 0 Å². The SMILES string of the molecule is CCCCCCCCCC(CCCCC/C=C\CCO)CCCCCCCCC. The maximum atomic E-state index is 8.80. The van der Waals surface area contributed by atoms with Gasteiger partial charge in [-0.2, -0.15) is 0 Å². The van der Waals surface area contributed by atoms with Crippen molar-refractivity contribution in [1.82, 2.24) is 0 Å². The highest BCUT2D eigenvalue weighted by Crippen LogP contribution is 2.24. The lowest BCUT2D eigenvalue weighted by Crippen LogP contribution is -2.01. The summed E-state index contributed by atoms with van der Waals surface area (Å²) in [6, 6.07) is 0. The van der Waals surface area contributed by atoms with Crippen LogP contribution in [-0.2, 0) is 0 Å². The van der Waals surface area contributed by atoms with E-state index in [1.165, 1.54) is 135 Å². The fourth-order valence-corrected chi connectivity index (χ4v) is 4.40. The first-order chi connectivity index (χ1) is 14.3. The average molecular weight is 409 g/mol. The number of aliphatic hydroxyl groups is 1. The molecule has 0 radical (unpaired) electrons. The third kappa shape index (κ3) is 23.8. The predicted octanol–water partition coefficient (Wildman–Crippen LogP) is 9.77. The van der Waals surface area contributed by atoms with E-state index in [1.807, 2.05) is 0 Å². The minimum Gasteiger partial charge on any atom is -0.396 e. The van der Waals surface area contributed by atoms with Crippen LogP contribution < -0.4 is 0 Å². The van der Waals surface area contributed by atoms with Crippen molar-refractivity contribution in [2.24, 2.45) is 5.92 Å². The lowest BCUT2D eigenvalue weighted by molar-refractivity contribution is 0.302. The van der Waals surface area contributed by atoms with Gasteiger partial charge in [0.2, 0.25) is 0 Å². The Morgan fingerprint density at radius 1 is 0.483 bits per heavy atom. The van der Waals surface area contributed by atoms with Crippen LogP contribution in [0, 0.1) is 5.92 Å². The molecule has 0 saturated heterocycles. The largest absolute Gasteiger partial charge is 0.396 e. The van der Waals surface area contributed by atoms with Gasteiger partial charge in [0.1, 0.15) is 0 Å². The first-order valence-corrected chi connectivity index (χ1v) is 13.6. The maximum absolute atomic E-state index is 8.80. The van der Waals surface area contributed by atoms with E-state index in [1.54, 1.807) is 0 Å². The van der Waals surface area contributed by atoms with Gasteiger partial charge in [-0.05, 0) is 25.2 Å². The molecule has 29 heavy (non-hydrogen) atoms. The first kappa shape index (κ1) is 28.7. The molecule has 1 nitrogen and oxygen atoms in total. The number of allylic oxidation sites excluding steroid dienone is 1. The van der Waals surface area contributed by atoms with Gasteiger partial charge >= 0.3 is 0 Å². The second-order valence-electron chi connectivity index (χ2n) is 9.31. The van der Waals surface area contributed by atoms with Gasteiger partial charge in [0.25, 0.3) is 0 Å². The van der Waals surface area contributed by atoms with Gasteiger partial charge in [0.15, 0.2) is 0 Å². The van der Waals surface area contributed by atoms with Gasteiger partial charge < -0.3 is 5.11 Å². The molecule has 0 aromatic carbocycles. The van der Waals surface area contributed by atoms with Crippen molar-refractivity contribution >= 4 is 0 Å². The summed E-state index contributed by atoms with van der Waals surface area (Å²) in [5, 5.41) is 8.80. The third-order valence-electron chi connectivity index (χ3n) is 6.38. The molecule has 0 aliphatic heterocycles. The van der Waals surface area contributed by atoms with Crippen molar-refractivity contribution in [2.45, 2.75) is 155 Å². The van der Waals surface area contributed by atoms with E-state index >= 15 is 0 Å². The van der Waals surface area contributed by atoms with Crippen LogP contribution in [0.5, 0.6) is 0 Å². The molecule has 0 heterocycles. The Balaban J connectivity index is 3.86. The van der Waals surface area contributed by atoms with Crippen molar-refractivity contribution in [3.63, 3.8) is 0 Å². The highest BCUT2D eigenvalue weighted by Gasteiger charge is 2.08. The molecule has 1 heteroatoms. The Kier molecular flexibility index (Phi) is 25.5. The van der Waals surface area contributed by atoms with E-state index in [4.69, 9.17) is 5.11 Å². The molecular formula is C28H56O. The van der Waals surface area contributed by atoms with Crippen molar-refractivity contribution in [2.75, 3.05) is 6.61 Å². The highest BCUT2D eigenvalue weighted by molar-refractivity contribution is 4.80. The van der Waals surface area contributed by atoms with Crippen molar-refractivity contribution in [1.29, 1.82) is 0 Å². The molecule has 0 amide bonds. The van der Waals surface area contributed by atoms with Gasteiger partial charge in [-0.25, -0.2) is 0 Å². The zero-order valence-corrected chi connectivity index (χ0v) is 20.4. The summed E-state index contributed by atoms with van der Waals surface area (Å²) < 4.78 is 0. The van der Waals surface area contributed by atoms with Crippen LogP contribution in [0.3, 0.4) is 0 Å². The average Bonchev–Trinajstić information content (AvgIpc) is 2.73. The van der Waals surface area contributed by atoms with Crippen LogP contribution in [0.1, 0.15) is 155 Å². The molecule has 1 N–H and O–H groups in total. The topological polar surface area (TPSA) is 20.2 Å². The highest BCUT2D eigenvalue weighted by atomic mass is 16.2. The lowest BCUT2D eigenvalue weighted by Gasteiger charge is -2.17. The molecule has 0 atom stereocenters. The Morgan fingerprint density at radius 3 is 1.31 bits per heavy atom. The molecule has 0 spiro atoms. The summed E-state index contributed by atoms with van der Waals surface area (Å²) in [6.07, 6.45) is 35.1. The Bertz CT molecular complexity index is 291. The Hall–Kier alpha value is -0.300. The number of hydrogen-bond donors (Lipinski definition) is 1. The normalized spacial score (nSPS) is 11.9. The summed E-state index contributed by atoms with van der Waals surface area (Å²) in [5.74, 6) is 0.992. The van der Waals surface area contributed by atoms with Crippen molar-refractivity contribution in [3.8, 4) is 0 Å². The third-order valence-corrected chi connectivity index (χ3v) is 6.38. The van der Waals surface area contributed by atoms with Crippen LogP contribution in [-0.4, -0.2) is 11.7 Å². The van der Waals surface area contributed by atoms with Crippen LogP contribution >= 0.6 is 0 Å². The van der Waals surface area contributed by atoms with E-state index in [2.05, 4.69) is 26.0 Å². The fourth-order valence-electron chi connectivity index (χ4n) is 4.40. The second-order valence-corrected chi connectivity index (χ2v) is 9.31. The molecular weight excluding hydrogens is 352 g/mol. The molecule has 0 aromatic rings. The zero-order valence-electron chi connectivity index (χ0n) is 20.4.